The van der Waals surface area contributed by atoms with Crippen LogP contribution in [0.25, 0.3) is 32.5 Å². The molecule has 0 fully saturated rings. The molecular weight excluding hydrogens is 312 g/mol. The summed E-state index contributed by atoms with van der Waals surface area (Å²) < 4.78 is 0. The summed E-state index contributed by atoms with van der Waals surface area (Å²) in [5.41, 5.74) is 4.39. The quantitative estimate of drug-likeness (QED) is 0.466. The Morgan fingerprint density at radius 2 is 1.79 bits per heavy atom. The highest BCUT2D eigenvalue weighted by Crippen LogP contribution is 2.34. The minimum atomic E-state index is 0.654. The van der Waals surface area contributed by atoms with Gasteiger partial charge in [0.05, 0.1) is 17.0 Å². The molecule has 0 saturated carbocycles. The number of aromatic nitrogens is 1. The van der Waals surface area contributed by atoms with E-state index in [4.69, 9.17) is 4.98 Å². The van der Waals surface area contributed by atoms with Crippen LogP contribution in [0.3, 0.4) is 0 Å². The lowest BCUT2D eigenvalue weighted by Crippen LogP contribution is -1.95. The van der Waals surface area contributed by atoms with Gasteiger partial charge in [0.1, 0.15) is 6.07 Å². The molecule has 4 rings (SSSR count). The maximum Gasteiger partial charge on any atom is 0.102 e. The summed E-state index contributed by atoms with van der Waals surface area (Å²) in [4.78, 5) is 5.81. The smallest absolute Gasteiger partial charge is 0.102 e. The zero-order valence-corrected chi connectivity index (χ0v) is 14.0. The molecule has 4 aromatic rings. The summed E-state index contributed by atoms with van der Waals surface area (Å²) >= 11 is 1.64. The van der Waals surface area contributed by atoms with Crippen LogP contribution in [0.4, 0.5) is 0 Å². The molecule has 2 nitrogen and oxygen atoms in total. The Balaban J connectivity index is 2.01. The van der Waals surface area contributed by atoms with E-state index in [0.29, 0.717) is 5.56 Å². The van der Waals surface area contributed by atoms with Crippen LogP contribution in [0.1, 0.15) is 11.3 Å². The Labute approximate surface area is 144 Å². The van der Waals surface area contributed by atoms with Gasteiger partial charge in [0.2, 0.25) is 0 Å². The van der Waals surface area contributed by atoms with Crippen molar-refractivity contribution in [1.82, 2.24) is 4.98 Å². The fourth-order valence-electron chi connectivity index (χ4n) is 3.03. The van der Waals surface area contributed by atoms with Crippen LogP contribution in [0, 0.1) is 18.3 Å². The Morgan fingerprint density at radius 3 is 2.58 bits per heavy atom. The van der Waals surface area contributed by atoms with E-state index in [1.807, 2.05) is 42.6 Å². The van der Waals surface area contributed by atoms with E-state index in [0.717, 1.165) is 27.4 Å². The van der Waals surface area contributed by atoms with Crippen LogP contribution < -0.4 is 0 Å². The van der Waals surface area contributed by atoms with Gasteiger partial charge in [-0.2, -0.15) is 5.26 Å². The van der Waals surface area contributed by atoms with Crippen LogP contribution in [0.5, 0.6) is 0 Å². The molecule has 24 heavy (non-hydrogen) atoms. The molecule has 3 heteroatoms. The number of thiophene rings is 1. The maximum atomic E-state index is 9.55. The van der Waals surface area contributed by atoms with Crippen molar-refractivity contribution in [1.29, 1.82) is 5.26 Å². The Morgan fingerprint density at radius 1 is 0.958 bits per heavy atom. The van der Waals surface area contributed by atoms with Crippen LogP contribution in [0.2, 0.25) is 0 Å². The summed E-state index contributed by atoms with van der Waals surface area (Å²) in [6.07, 6.45) is 0. The van der Waals surface area contributed by atoms with E-state index in [2.05, 4.69) is 36.4 Å². The first kappa shape index (κ1) is 14.6. The predicted molar refractivity (Wildman–Crippen MR) is 99.9 cm³/mol. The summed E-state index contributed by atoms with van der Waals surface area (Å²) in [6, 6.07) is 23.0. The fraction of sp³-hybridized carbons (Fsp3) is 0.0476. The van der Waals surface area contributed by atoms with Gasteiger partial charge in [0.25, 0.3) is 0 Å². The van der Waals surface area contributed by atoms with Gasteiger partial charge in [-0.3, -0.25) is 4.98 Å². The fourth-order valence-corrected chi connectivity index (χ4v) is 3.78. The van der Waals surface area contributed by atoms with Crippen molar-refractivity contribution in [3.05, 3.63) is 77.3 Å². The number of aryl methyl sites for hydroxylation is 1. The van der Waals surface area contributed by atoms with Crippen molar-refractivity contribution in [2.75, 3.05) is 0 Å². The SMILES string of the molecule is Cc1nc(-c2cccc3ccccc23)cc(-c2cccs2)c1C#N. The first-order chi connectivity index (χ1) is 11.8. The molecule has 114 valence electrons. The number of nitrogens with zero attached hydrogens (tertiary/aromatic N) is 2. The highest BCUT2D eigenvalue weighted by atomic mass is 32.1. The second-order valence-electron chi connectivity index (χ2n) is 5.63. The summed E-state index contributed by atoms with van der Waals surface area (Å²) in [7, 11) is 0. The standard InChI is InChI=1S/C21H14N2S/c1-14-19(13-22)18(21-10-5-11-24-21)12-20(23-14)17-9-4-7-15-6-2-3-8-16(15)17/h2-12H,1H3. The minimum Gasteiger partial charge on any atom is -0.252 e. The van der Waals surface area contributed by atoms with E-state index in [1.165, 1.54) is 10.8 Å². The molecule has 2 aromatic carbocycles. The minimum absolute atomic E-state index is 0.654. The summed E-state index contributed by atoms with van der Waals surface area (Å²) in [5, 5.41) is 13.9. The lowest BCUT2D eigenvalue weighted by molar-refractivity contribution is 1.19. The van der Waals surface area contributed by atoms with Crippen molar-refractivity contribution in [2.24, 2.45) is 0 Å². The highest BCUT2D eigenvalue weighted by Gasteiger charge is 2.14. The monoisotopic (exact) mass is 326 g/mol. The molecule has 0 aliphatic rings. The largest absolute Gasteiger partial charge is 0.252 e. The third kappa shape index (κ3) is 2.38. The number of rotatable bonds is 2. The van der Waals surface area contributed by atoms with E-state index >= 15 is 0 Å². The number of fused-ring (bicyclic) bond motifs is 1. The third-order valence-corrected chi connectivity index (χ3v) is 5.07. The molecule has 2 aromatic heterocycles. The lowest BCUT2D eigenvalue weighted by Gasteiger charge is -2.11. The van der Waals surface area contributed by atoms with E-state index < -0.39 is 0 Å². The van der Waals surface area contributed by atoms with Gasteiger partial charge in [-0.1, -0.05) is 48.5 Å². The number of pyridine rings is 1. The normalized spacial score (nSPS) is 10.7. The Hall–Kier alpha value is -2.96. The molecule has 0 aliphatic carbocycles. The van der Waals surface area contributed by atoms with Gasteiger partial charge in [-0.15, -0.1) is 11.3 Å². The van der Waals surface area contributed by atoms with Crippen LogP contribution in [0.15, 0.2) is 66.0 Å². The number of benzene rings is 2. The molecule has 2 heterocycles. The molecule has 0 amide bonds. The van der Waals surface area contributed by atoms with Gasteiger partial charge in [-0.05, 0) is 35.2 Å². The third-order valence-electron chi connectivity index (χ3n) is 4.16. The maximum absolute atomic E-state index is 9.55. The van der Waals surface area contributed by atoms with Gasteiger partial charge < -0.3 is 0 Å². The van der Waals surface area contributed by atoms with Crippen molar-refractivity contribution >= 4 is 22.1 Å². The van der Waals surface area contributed by atoms with Crippen molar-refractivity contribution < 1.29 is 0 Å². The molecule has 0 spiro atoms. The number of hydrogen-bond acceptors (Lipinski definition) is 3. The van der Waals surface area contributed by atoms with Crippen molar-refractivity contribution in [3.63, 3.8) is 0 Å². The second kappa shape index (κ2) is 5.92. The van der Waals surface area contributed by atoms with Crippen LogP contribution >= 0.6 is 11.3 Å². The van der Waals surface area contributed by atoms with Gasteiger partial charge in [0.15, 0.2) is 0 Å². The summed E-state index contributed by atoms with van der Waals surface area (Å²) in [6.45, 7) is 1.91. The highest BCUT2D eigenvalue weighted by molar-refractivity contribution is 7.13. The van der Waals surface area contributed by atoms with Gasteiger partial charge >= 0.3 is 0 Å². The van der Waals surface area contributed by atoms with Gasteiger partial charge in [-0.25, -0.2) is 0 Å². The number of hydrogen-bond donors (Lipinski definition) is 0. The van der Waals surface area contributed by atoms with Crippen molar-refractivity contribution in [2.45, 2.75) is 6.92 Å². The summed E-state index contributed by atoms with van der Waals surface area (Å²) in [5.74, 6) is 0. The first-order valence-electron chi connectivity index (χ1n) is 7.71. The van der Waals surface area contributed by atoms with E-state index in [-0.39, 0.29) is 0 Å². The number of nitriles is 1. The molecule has 0 unspecified atom stereocenters. The Bertz CT molecular complexity index is 1070. The molecule has 0 N–H and O–H groups in total. The van der Waals surface area contributed by atoms with Crippen molar-refractivity contribution in [3.8, 4) is 27.8 Å². The van der Waals surface area contributed by atoms with E-state index in [9.17, 15) is 5.26 Å². The molecular formula is C21H14N2S. The zero-order chi connectivity index (χ0) is 16.5. The van der Waals surface area contributed by atoms with E-state index in [1.54, 1.807) is 11.3 Å². The molecule has 0 aliphatic heterocycles. The Kier molecular flexibility index (Phi) is 3.60. The average Bonchev–Trinajstić information content (AvgIpc) is 3.15. The predicted octanol–water partition coefficient (Wildman–Crippen LogP) is 5.81. The zero-order valence-electron chi connectivity index (χ0n) is 13.2. The van der Waals surface area contributed by atoms with Crippen LogP contribution in [-0.4, -0.2) is 4.98 Å². The molecule has 0 atom stereocenters. The molecule has 0 saturated heterocycles. The molecule has 0 radical (unpaired) electrons. The molecule has 0 bridgehead atoms. The second-order valence-corrected chi connectivity index (χ2v) is 6.58. The lowest BCUT2D eigenvalue weighted by atomic mass is 9.98. The van der Waals surface area contributed by atoms with Gasteiger partial charge in [0, 0.05) is 16.0 Å². The average molecular weight is 326 g/mol. The topological polar surface area (TPSA) is 36.7 Å². The first-order valence-corrected chi connectivity index (χ1v) is 8.59. The van der Waals surface area contributed by atoms with Crippen LogP contribution in [-0.2, 0) is 0 Å².